The van der Waals surface area contributed by atoms with Gasteiger partial charge in [0.05, 0.1) is 25.4 Å². The zero-order chi connectivity index (χ0) is 17.4. The van der Waals surface area contributed by atoms with Gasteiger partial charge in [-0.3, -0.25) is 0 Å². The first-order valence-electron chi connectivity index (χ1n) is 10.4. The summed E-state index contributed by atoms with van der Waals surface area (Å²) in [6, 6.07) is 0. The van der Waals surface area contributed by atoms with Gasteiger partial charge in [-0.25, -0.2) is 0 Å². The highest BCUT2D eigenvalue weighted by molar-refractivity contribution is 5.12. The maximum absolute atomic E-state index is 6.38. The van der Waals surface area contributed by atoms with Crippen LogP contribution in [-0.2, 0) is 9.47 Å². The zero-order valence-electron chi connectivity index (χ0n) is 16.8. The van der Waals surface area contributed by atoms with Crippen LogP contribution in [0.2, 0.25) is 0 Å². The second-order valence-corrected chi connectivity index (χ2v) is 10.9. The molecule has 24 heavy (non-hydrogen) atoms. The number of ether oxygens (including phenoxy) is 2. The zero-order valence-corrected chi connectivity index (χ0v) is 16.8. The van der Waals surface area contributed by atoms with Crippen molar-refractivity contribution in [1.29, 1.82) is 0 Å². The Morgan fingerprint density at radius 3 is 1.29 bits per heavy atom. The number of fused-ring (bicyclic) bond motifs is 4. The summed E-state index contributed by atoms with van der Waals surface area (Å²) < 4.78 is 12.8. The van der Waals surface area contributed by atoms with Crippen molar-refractivity contribution in [3.8, 4) is 0 Å². The van der Waals surface area contributed by atoms with E-state index >= 15 is 0 Å². The van der Waals surface area contributed by atoms with Crippen LogP contribution < -0.4 is 0 Å². The molecule has 4 saturated carbocycles. The SMILES string of the molecule is CC1(C)[C@@H]2CC[C@@]1(C)[C@H](OCCO[C@@H]1C[C@H]3CC[C@]1(C)C3(C)C)C2. The minimum Gasteiger partial charge on any atom is -0.375 e. The van der Waals surface area contributed by atoms with E-state index in [1.54, 1.807) is 0 Å². The molecular formula is C22H38O2. The van der Waals surface area contributed by atoms with Gasteiger partial charge in [0.15, 0.2) is 0 Å². The highest BCUT2D eigenvalue weighted by Crippen LogP contribution is 2.67. The van der Waals surface area contributed by atoms with E-state index in [1.807, 2.05) is 0 Å². The molecule has 0 spiro atoms. The highest BCUT2D eigenvalue weighted by atomic mass is 16.5. The topological polar surface area (TPSA) is 18.5 Å². The Labute approximate surface area is 149 Å². The van der Waals surface area contributed by atoms with E-state index in [1.165, 1.54) is 38.5 Å². The first kappa shape index (κ1) is 17.3. The third kappa shape index (κ3) is 2.02. The van der Waals surface area contributed by atoms with Crippen molar-refractivity contribution in [3.63, 3.8) is 0 Å². The Hall–Kier alpha value is -0.0800. The lowest BCUT2D eigenvalue weighted by atomic mass is 9.70. The summed E-state index contributed by atoms with van der Waals surface area (Å²) in [5.41, 5.74) is 1.64. The summed E-state index contributed by atoms with van der Waals surface area (Å²) in [6.07, 6.45) is 8.90. The molecule has 2 heteroatoms. The minimum absolute atomic E-state index is 0.373. The minimum atomic E-state index is 0.373. The van der Waals surface area contributed by atoms with E-state index in [2.05, 4.69) is 41.5 Å². The van der Waals surface area contributed by atoms with Crippen molar-refractivity contribution >= 4 is 0 Å². The van der Waals surface area contributed by atoms with Crippen LogP contribution >= 0.6 is 0 Å². The second kappa shape index (κ2) is 5.22. The maximum atomic E-state index is 6.38. The van der Waals surface area contributed by atoms with Crippen LogP contribution in [-0.4, -0.2) is 25.4 Å². The molecule has 2 nitrogen and oxygen atoms in total. The lowest BCUT2D eigenvalue weighted by molar-refractivity contribution is -0.0968. The Bertz CT molecular complexity index is 464. The first-order chi connectivity index (χ1) is 11.1. The van der Waals surface area contributed by atoms with Crippen LogP contribution in [0, 0.1) is 33.5 Å². The monoisotopic (exact) mass is 334 g/mol. The molecule has 4 fully saturated rings. The van der Waals surface area contributed by atoms with Gasteiger partial charge < -0.3 is 9.47 Å². The molecule has 4 aliphatic rings. The Balaban J connectivity index is 1.28. The highest BCUT2D eigenvalue weighted by Gasteiger charge is 2.63. The van der Waals surface area contributed by atoms with Gasteiger partial charge in [-0.05, 0) is 72.0 Å². The first-order valence-corrected chi connectivity index (χ1v) is 10.4. The lowest BCUT2D eigenvalue weighted by Gasteiger charge is -2.40. The smallest absolute Gasteiger partial charge is 0.0704 e. The van der Waals surface area contributed by atoms with Gasteiger partial charge in [-0.2, -0.15) is 0 Å². The van der Waals surface area contributed by atoms with Gasteiger partial charge >= 0.3 is 0 Å². The Kier molecular flexibility index (Phi) is 3.77. The van der Waals surface area contributed by atoms with E-state index in [4.69, 9.17) is 9.47 Å². The average Bonchev–Trinajstić information content (AvgIpc) is 3.02. The van der Waals surface area contributed by atoms with Gasteiger partial charge in [0.2, 0.25) is 0 Å². The molecule has 0 N–H and O–H groups in total. The Morgan fingerprint density at radius 1 is 0.667 bits per heavy atom. The molecule has 0 radical (unpaired) electrons. The number of rotatable bonds is 5. The molecule has 4 aliphatic carbocycles. The summed E-state index contributed by atoms with van der Waals surface area (Å²) in [5.74, 6) is 1.72. The van der Waals surface area contributed by atoms with E-state index < -0.39 is 0 Å². The van der Waals surface area contributed by atoms with Gasteiger partial charge in [0.1, 0.15) is 0 Å². The molecule has 4 rings (SSSR count). The van der Waals surface area contributed by atoms with Gasteiger partial charge in [0, 0.05) is 0 Å². The fraction of sp³-hybridized carbons (Fsp3) is 1.00. The van der Waals surface area contributed by atoms with Crippen molar-refractivity contribution in [3.05, 3.63) is 0 Å². The summed E-state index contributed by atoms with van der Waals surface area (Å²) >= 11 is 0. The molecule has 0 aromatic rings. The molecule has 0 heterocycles. The van der Waals surface area contributed by atoms with Crippen molar-refractivity contribution in [2.75, 3.05) is 13.2 Å². The number of hydrogen-bond acceptors (Lipinski definition) is 2. The third-order valence-electron chi connectivity index (χ3n) is 10.1. The van der Waals surface area contributed by atoms with Crippen molar-refractivity contribution in [1.82, 2.24) is 0 Å². The summed E-state index contributed by atoms with van der Waals surface area (Å²) in [7, 11) is 0. The molecule has 138 valence electrons. The van der Waals surface area contributed by atoms with Crippen LogP contribution in [0.25, 0.3) is 0 Å². The van der Waals surface area contributed by atoms with Crippen LogP contribution in [0.1, 0.15) is 80.1 Å². The molecular weight excluding hydrogens is 296 g/mol. The molecule has 0 aliphatic heterocycles. The van der Waals surface area contributed by atoms with Crippen molar-refractivity contribution in [2.24, 2.45) is 33.5 Å². The van der Waals surface area contributed by atoms with Gasteiger partial charge in [0.25, 0.3) is 0 Å². The average molecular weight is 335 g/mol. The molecule has 0 aromatic heterocycles. The predicted octanol–water partition coefficient (Wildman–Crippen LogP) is 5.45. The summed E-state index contributed by atoms with van der Waals surface area (Å²) in [6.45, 7) is 16.3. The van der Waals surface area contributed by atoms with E-state index in [-0.39, 0.29) is 0 Å². The third-order valence-corrected chi connectivity index (χ3v) is 10.1. The van der Waals surface area contributed by atoms with Gasteiger partial charge in [-0.15, -0.1) is 0 Å². The van der Waals surface area contributed by atoms with E-state index in [0.29, 0.717) is 33.9 Å². The Morgan fingerprint density at radius 2 is 1.04 bits per heavy atom. The van der Waals surface area contributed by atoms with E-state index in [9.17, 15) is 0 Å². The molecule has 0 aromatic carbocycles. The van der Waals surface area contributed by atoms with Crippen molar-refractivity contribution in [2.45, 2.75) is 92.3 Å². The fourth-order valence-corrected chi connectivity index (χ4v) is 7.15. The van der Waals surface area contributed by atoms with E-state index in [0.717, 1.165) is 25.0 Å². The lowest BCUT2D eigenvalue weighted by Crippen LogP contribution is -2.39. The molecule has 6 atom stereocenters. The quantitative estimate of drug-likeness (QED) is 0.622. The molecule has 0 saturated heterocycles. The normalized spacial score (nSPS) is 50.8. The molecule has 0 amide bonds. The second-order valence-electron chi connectivity index (χ2n) is 10.9. The van der Waals surface area contributed by atoms with Crippen LogP contribution in [0.5, 0.6) is 0 Å². The van der Waals surface area contributed by atoms with Crippen LogP contribution in [0.15, 0.2) is 0 Å². The predicted molar refractivity (Wildman–Crippen MR) is 97.9 cm³/mol. The fourth-order valence-electron chi connectivity index (χ4n) is 7.15. The van der Waals surface area contributed by atoms with Crippen molar-refractivity contribution < 1.29 is 9.47 Å². The van der Waals surface area contributed by atoms with Crippen LogP contribution in [0.4, 0.5) is 0 Å². The molecule has 4 bridgehead atoms. The number of hydrogen-bond donors (Lipinski definition) is 0. The molecule has 0 unspecified atom stereocenters. The summed E-state index contributed by atoms with van der Waals surface area (Å²) in [5, 5.41) is 0. The van der Waals surface area contributed by atoms with Gasteiger partial charge in [-0.1, -0.05) is 41.5 Å². The summed E-state index contributed by atoms with van der Waals surface area (Å²) in [4.78, 5) is 0. The maximum Gasteiger partial charge on any atom is 0.0704 e. The standard InChI is InChI=1S/C22H38O2/c1-19(2)15-7-9-21(19,5)17(13-15)23-11-12-24-18-14-16-8-10-22(18,6)20(16,3)4/h15-18H,7-14H2,1-6H3/t15-,16-,17-,18-,21+,22+/m1/s1. The largest absolute Gasteiger partial charge is 0.375 e. The van der Waals surface area contributed by atoms with Crippen LogP contribution in [0.3, 0.4) is 0 Å².